The molecule has 14 heavy (non-hydrogen) atoms. The Morgan fingerprint density at radius 3 is 2.29 bits per heavy atom. The van der Waals surface area contributed by atoms with Crippen LogP contribution in [0.3, 0.4) is 0 Å². The Balaban J connectivity index is 2.74. The van der Waals surface area contributed by atoms with Crippen molar-refractivity contribution in [1.29, 1.82) is 0 Å². The molecule has 0 radical (unpaired) electrons. The smallest absolute Gasteiger partial charge is 0.203 e. The molecule has 1 rings (SSSR count). The van der Waals surface area contributed by atoms with Gasteiger partial charge in [0.05, 0.1) is 0 Å². The van der Waals surface area contributed by atoms with E-state index in [1.807, 2.05) is 0 Å². The number of aromatic nitrogens is 2. The maximum Gasteiger partial charge on any atom is 0.203 e. The second-order valence-electron chi connectivity index (χ2n) is 2.63. The Kier molecular flexibility index (Phi) is 3.59. The average Bonchev–Trinajstić information content (AvgIpc) is 2.46. The molecule has 0 unspecified atom stereocenters. The van der Waals surface area contributed by atoms with Crippen LogP contribution in [0.15, 0.2) is 4.34 Å². The zero-order valence-corrected chi connectivity index (χ0v) is 9.32. The third-order valence-electron chi connectivity index (χ3n) is 1.38. The topological polar surface area (TPSA) is 85.9 Å². The van der Waals surface area contributed by atoms with Crippen molar-refractivity contribution < 1.29 is 9.59 Å². The zero-order chi connectivity index (χ0) is 10.7. The number of Topliss-reactive ketones (excluding diaryl/α,β-unsaturated/α-hetero) is 2. The van der Waals surface area contributed by atoms with Crippen LogP contribution in [0.4, 0.5) is 5.13 Å². The van der Waals surface area contributed by atoms with Crippen LogP contribution in [-0.2, 0) is 9.59 Å². The monoisotopic (exact) mass is 231 g/mol. The van der Waals surface area contributed by atoms with Gasteiger partial charge in [0.15, 0.2) is 15.9 Å². The van der Waals surface area contributed by atoms with Crippen LogP contribution >= 0.6 is 23.1 Å². The van der Waals surface area contributed by atoms with E-state index in [2.05, 4.69) is 10.2 Å². The number of hydrogen-bond donors (Lipinski definition) is 1. The van der Waals surface area contributed by atoms with E-state index in [1.165, 1.54) is 13.8 Å². The van der Waals surface area contributed by atoms with Crippen LogP contribution in [-0.4, -0.2) is 27.0 Å². The lowest BCUT2D eigenvalue weighted by molar-refractivity contribution is -0.123. The number of carbonyl (C=O) groups is 2. The summed E-state index contributed by atoms with van der Waals surface area (Å²) in [5, 5.41) is 6.95. The van der Waals surface area contributed by atoms with E-state index in [4.69, 9.17) is 5.73 Å². The molecule has 0 aliphatic carbocycles. The largest absolute Gasteiger partial charge is 0.374 e. The van der Waals surface area contributed by atoms with E-state index in [1.54, 1.807) is 0 Å². The fourth-order valence-electron chi connectivity index (χ4n) is 0.821. The molecule has 1 aromatic heterocycles. The highest BCUT2D eigenvalue weighted by molar-refractivity contribution is 8.03. The van der Waals surface area contributed by atoms with Crippen molar-refractivity contribution in [2.45, 2.75) is 23.4 Å². The SMILES string of the molecule is CC(=O)C(Sc1nnc(N)s1)C(C)=O. The summed E-state index contributed by atoms with van der Waals surface area (Å²) < 4.78 is 0.540. The minimum atomic E-state index is -0.692. The fourth-order valence-corrected chi connectivity index (χ4v) is 2.52. The first-order valence-corrected chi connectivity index (χ1v) is 5.47. The first kappa shape index (κ1) is 11.1. The molecule has 0 bridgehead atoms. The predicted molar refractivity (Wildman–Crippen MR) is 55.3 cm³/mol. The van der Waals surface area contributed by atoms with Crippen molar-refractivity contribution in [3.63, 3.8) is 0 Å². The molecule has 0 spiro atoms. The molecule has 76 valence electrons. The third-order valence-corrected chi connectivity index (χ3v) is 3.65. The standard InChI is InChI=1S/C7H9N3O2S2/c1-3(11)5(4(2)12)13-7-10-9-6(8)14-7/h5H,1-2H3,(H2,8,9). The summed E-state index contributed by atoms with van der Waals surface area (Å²) in [5.41, 5.74) is 5.37. The van der Waals surface area contributed by atoms with Gasteiger partial charge in [-0.15, -0.1) is 10.2 Å². The van der Waals surface area contributed by atoms with Gasteiger partial charge in [0.2, 0.25) is 5.13 Å². The summed E-state index contributed by atoms with van der Waals surface area (Å²) in [6, 6.07) is 0. The Morgan fingerprint density at radius 2 is 1.93 bits per heavy atom. The zero-order valence-electron chi connectivity index (χ0n) is 7.68. The summed E-state index contributed by atoms with van der Waals surface area (Å²) in [6.07, 6.45) is 0. The Labute approximate surface area is 89.1 Å². The molecule has 7 heteroatoms. The second-order valence-corrected chi connectivity index (χ2v) is 4.99. The number of nitrogen functional groups attached to an aromatic ring is 1. The van der Waals surface area contributed by atoms with Gasteiger partial charge in [-0.25, -0.2) is 0 Å². The molecular formula is C7H9N3O2S2. The highest BCUT2D eigenvalue weighted by atomic mass is 32.2. The van der Waals surface area contributed by atoms with Crippen molar-refractivity contribution >= 4 is 39.8 Å². The van der Waals surface area contributed by atoms with Crippen molar-refractivity contribution in [3.8, 4) is 0 Å². The van der Waals surface area contributed by atoms with Crippen LogP contribution in [0.25, 0.3) is 0 Å². The first-order valence-electron chi connectivity index (χ1n) is 3.77. The van der Waals surface area contributed by atoms with Gasteiger partial charge in [-0.3, -0.25) is 9.59 Å². The highest BCUT2D eigenvalue weighted by Crippen LogP contribution is 2.28. The Hall–Kier alpha value is -0.950. The van der Waals surface area contributed by atoms with Crippen molar-refractivity contribution in [2.24, 2.45) is 0 Å². The minimum absolute atomic E-state index is 0.184. The van der Waals surface area contributed by atoms with Crippen molar-refractivity contribution in [3.05, 3.63) is 0 Å². The summed E-state index contributed by atoms with van der Waals surface area (Å²) in [6.45, 7) is 2.76. The second kappa shape index (κ2) is 4.52. The van der Waals surface area contributed by atoms with Gasteiger partial charge >= 0.3 is 0 Å². The molecular weight excluding hydrogens is 222 g/mol. The maximum absolute atomic E-state index is 11.1. The number of nitrogens with zero attached hydrogens (tertiary/aromatic N) is 2. The van der Waals surface area contributed by atoms with E-state index in [-0.39, 0.29) is 11.6 Å². The van der Waals surface area contributed by atoms with Crippen LogP contribution in [0.5, 0.6) is 0 Å². The Bertz CT molecular complexity index is 350. The van der Waals surface area contributed by atoms with Gasteiger partial charge in [0, 0.05) is 0 Å². The van der Waals surface area contributed by atoms with Gasteiger partial charge in [0.1, 0.15) is 5.25 Å². The van der Waals surface area contributed by atoms with E-state index >= 15 is 0 Å². The van der Waals surface area contributed by atoms with Gasteiger partial charge in [-0.2, -0.15) is 0 Å². The summed E-state index contributed by atoms with van der Waals surface area (Å²) in [5.74, 6) is -0.368. The normalized spacial score (nSPS) is 10.5. The van der Waals surface area contributed by atoms with Crippen LogP contribution in [0, 0.1) is 0 Å². The third kappa shape index (κ3) is 2.78. The summed E-state index contributed by atoms with van der Waals surface area (Å²) >= 11 is 2.26. The van der Waals surface area contributed by atoms with E-state index < -0.39 is 5.25 Å². The van der Waals surface area contributed by atoms with Gasteiger partial charge in [0.25, 0.3) is 0 Å². The van der Waals surface area contributed by atoms with E-state index in [0.29, 0.717) is 9.47 Å². The number of nitrogens with two attached hydrogens (primary N) is 1. The van der Waals surface area contributed by atoms with Gasteiger partial charge in [-0.05, 0) is 13.8 Å². The van der Waals surface area contributed by atoms with Crippen LogP contribution in [0.1, 0.15) is 13.8 Å². The molecule has 0 atom stereocenters. The van der Waals surface area contributed by atoms with Crippen molar-refractivity contribution in [2.75, 3.05) is 5.73 Å². The number of hydrogen-bond acceptors (Lipinski definition) is 7. The molecule has 1 heterocycles. The molecule has 0 aliphatic rings. The summed E-state index contributed by atoms with van der Waals surface area (Å²) in [4.78, 5) is 22.2. The number of anilines is 1. The average molecular weight is 231 g/mol. The van der Waals surface area contributed by atoms with Gasteiger partial charge in [-0.1, -0.05) is 23.1 Å². The van der Waals surface area contributed by atoms with E-state index in [9.17, 15) is 9.59 Å². The highest BCUT2D eigenvalue weighted by Gasteiger charge is 2.22. The lowest BCUT2D eigenvalue weighted by atomic mass is 10.2. The number of rotatable bonds is 4. The lowest BCUT2D eigenvalue weighted by Gasteiger charge is -2.05. The molecule has 1 aromatic rings. The molecule has 2 N–H and O–H groups in total. The minimum Gasteiger partial charge on any atom is -0.374 e. The van der Waals surface area contributed by atoms with Crippen LogP contribution < -0.4 is 5.73 Å². The van der Waals surface area contributed by atoms with Crippen molar-refractivity contribution in [1.82, 2.24) is 10.2 Å². The molecule has 0 fully saturated rings. The van der Waals surface area contributed by atoms with Crippen LogP contribution in [0.2, 0.25) is 0 Å². The molecule has 5 nitrogen and oxygen atoms in total. The first-order chi connectivity index (χ1) is 6.50. The molecule has 0 saturated heterocycles. The molecule has 0 aliphatic heterocycles. The molecule has 0 aromatic carbocycles. The van der Waals surface area contributed by atoms with E-state index in [0.717, 1.165) is 23.1 Å². The lowest BCUT2D eigenvalue weighted by Crippen LogP contribution is -2.21. The molecule has 0 saturated carbocycles. The number of ketones is 2. The number of thioether (sulfide) groups is 1. The summed E-state index contributed by atoms with van der Waals surface area (Å²) in [7, 11) is 0. The molecule has 0 amide bonds. The quantitative estimate of drug-likeness (QED) is 0.608. The van der Waals surface area contributed by atoms with Gasteiger partial charge < -0.3 is 5.73 Å². The Morgan fingerprint density at radius 1 is 1.36 bits per heavy atom. The number of carbonyl (C=O) groups excluding carboxylic acids is 2. The predicted octanol–water partition coefficient (Wildman–Crippen LogP) is 0.759. The maximum atomic E-state index is 11.1. The fraction of sp³-hybridized carbons (Fsp3) is 0.429.